The van der Waals surface area contributed by atoms with Gasteiger partial charge in [0.05, 0.1) is 11.4 Å². The van der Waals surface area contributed by atoms with Crippen LogP contribution in [0.25, 0.3) is 11.3 Å². The minimum Gasteiger partial charge on any atom is -0.394 e. The SMILES string of the molecule is CCn1c(-c2ccc(C)cc2C)ccc(N)c1=O. The van der Waals surface area contributed by atoms with Crippen molar-refractivity contribution >= 4 is 5.69 Å². The third-order valence-electron chi connectivity index (χ3n) is 3.18. The first-order valence-electron chi connectivity index (χ1n) is 6.11. The van der Waals surface area contributed by atoms with Crippen molar-refractivity contribution in [2.75, 3.05) is 5.73 Å². The fraction of sp³-hybridized carbons (Fsp3) is 0.267. The molecule has 3 heteroatoms. The molecule has 0 saturated heterocycles. The van der Waals surface area contributed by atoms with Crippen molar-refractivity contribution < 1.29 is 0 Å². The lowest BCUT2D eigenvalue weighted by Gasteiger charge is -2.14. The number of nitrogens with zero attached hydrogens (tertiary/aromatic N) is 1. The summed E-state index contributed by atoms with van der Waals surface area (Å²) in [5.41, 5.74) is 10.2. The van der Waals surface area contributed by atoms with Crippen LogP contribution in [0.1, 0.15) is 18.1 Å². The second-order valence-electron chi connectivity index (χ2n) is 4.54. The van der Waals surface area contributed by atoms with Crippen molar-refractivity contribution in [3.05, 3.63) is 51.8 Å². The van der Waals surface area contributed by atoms with E-state index in [0.717, 1.165) is 11.3 Å². The fourth-order valence-corrected chi connectivity index (χ4v) is 2.25. The van der Waals surface area contributed by atoms with Crippen molar-refractivity contribution in [2.24, 2.45) is 0 Å². The van der Waals surface area contributed by atoms with E-state index in [9.17, 15) is 4.79 Å². The maximum Gasteiger partial charge on any atom is 0.274 e. The van der Waals surface area contributed by atoms with E-state index in [1.807, 2.05) is 13.0 Å². The Balaban J connectivity index is 2.71. The van der Waals surface area contributed by atoms with E-state index in [4.69, 9.17) is 5.73 Å². The molecule has 2 N–H and O–H groups in total. The highest BCUT2D eigenvalue weighted by Crippen LogP contribution is 2.23. The molecule has 0 aliphatic rings. The number of hydrogen-bond donors (Lipinski definition) is 1. The molecule has 2 rings (SSSR count). The maximum atomic E-state index is 12.0. The smallest absolute Gasteiger partial charge is 0.274 e. The number of rotatable bonds is 2. The summed E-state index contributed by atoms with van der Waals surface area (Å²) in [4.78, 5) is 12.0. The number of pyridine rings is 1. The van der Waals surface area contributed by atoms with E-state index < -0.39 is 0 Å². The van der Waals surface area contributed by atoms with E-state index in [1.54, 1.807) is 10.6 Å². The average molecular weight is 242 g/mol. The van der Waals surface area contributed by atoms with Crippen molar-refractivity contribution in [1.29, 1.82) is 0 Å². The summed E-state index contributed by atoms with van der Waals surface area (Å²) in [6.45, 7) is 6.69. The first-order valence-corrected chi connectivity index (χ1v) is 6.11. The van der Waals surface area contributed by atoms with Crippen LogP contribution in [-0.2, 0) is 6.54 Å². The van der Waals surface area contributed by atoms with Gasteiger partial charge < -0.3 is 10.3 Å². The normalized spacial score (nSPS) is 10.6. The first-order chi connectivity index (χ1) is 8.54. The van der Waals surface area contributed by atoms with Gasteiger partial charge in [0.15, 0.2) is 0 Å². The number of nitrogen functional groups attached to an aromatic ring is 1. The minimum absolute atomic E-state index is 0.116. The Morgan fingerprint density at radius 3 is 2.50 bits per heavy atom. The summed E-state index contributed by atoms with van der Waals surface area (Å²) in [5, 5.41) is 0. The molecular weight excluding hydrogens is 224 g/mol. The lowest BCUT2D eigenvalue weighted by atomic mass is 10.0. The van der Waals surface area contributed by atoms with Gasteiger partial charge in [-0.3, -0.25) is 4.79 Å². The van der Waals surface area contributed by atoms with Gasteiger partial charge in [-0.25, -0.2) is 0 Å². The molecule has 0 aliphatic heterocycles. The Bertz CT molecular complexity index is 641. The lowest BCUT2D eigenvalue weighted by molar-refractivity contribution is 0.738. The van der Waals surface area contributed by atoms with Gasteiger partial charge >= 0.3 is 0 Å². The summed E-state index contributed by atoms with van der Waals surface area (Å²) in [7, 11) is 0. The number of hydrogen-bond acceptors (Lipinski definition) is 2. The zero-order valence-electron chi connectivity index (χ0n) is 11.0. The van der Waals surface area contributed by atoms with Crippen LogP contribution in [0.5, 0.6) is 0 Å². The van der Waals surface area contributed by atoms with Crippen LogP contribution in [0.3, 0.4) is 0 Å². The first kappa shape index (κ1) is 12.4. The molecule has 0 bridgehead atoms. The number of aryl methyl sites for hydroxylation is 2. The summed E-state index contributed by atoms with van der Waals surface area (Å²) in [6.07, 6.45) is 0. The molecular formula is C15H18N2O. The highest BCUT2D eigenvalue weighted by Gasteiger charge is 2.09. The van der Waals surface area contributed by atoms with Crippen LogP contribution >= 0.6 is 0 Å². The van der Waals surface area contributed by atoms with Gasteiger partial charge in [0.2, 0.25) is 0 Å². The Hall–Kier alpha value is -2.03. The molecule has 0 saturated carbocycles. The van der Waals surface area contributed by atoms with Crippen molar-refractivity contribution in [2.45, 2.75) is 27.3 Å². The highest BCUT2D eigenvalue weighted by molar-refractivity contribution is 5.65. The van der Waals surface area contributed by atoms with E-state index in [0.29, 0.717) is 12.2 Å². The number of aromatic nitrogens is 1. The zero-order chi connectivity index (χ0) is 13.3. The molecule has 0 fully saturated rings. The number of anilines is 1. The molecule has 0 unspecified atom stereocenters. The Kier molecular flexibility index (Phi) is 3.24. The molecule has 0 radical (unpaired) electrons. The summed E-state index contributed by atoms with van der Waals surface area (Å²) in [6, 6.07) is 9.84. The van der Waals surface area contributed by atoms with Crippen LogP contribution < -0.4 is 11.3 Å². The molecule has 94 valence electrons. The molecule has 18 heavy (non-hydrogen) atoms. The second kappa shape index (κ2) is 4.69. The third-order valence-corrected chi connectivity index (χ3v) is 3.18. The predicted molar refractivity (Wildman–Crippen MR) is 75.7 cm³/mol. The average Bonchev–Trinajstić information content (AvgIpc) is 2.33. The third kappa shape index (κ3) is 2.04. The van der Waals surface area contributed by atoms with E-state index in [1.165, 1.54) is 11.1 Å². The van der Waals surface area contributed by atoms with Gasteiger partial charge in [0, 0.05) is 12.1 Å². The van der Waals surface area contributed by atoms with Crippen LogP contribution in [-0.4, -0.2) is 4.57 Å². The van der Waals surface area contributed by atoms with Crippen molar-refractivity contribution in [3.8, 4) is 11.3 Å². The molecule has 1 aromatic heterocycles. The molecule has 0 atom stereocenters. The lowest BCUT2D eigenvalue weighted by Crippen LogP contribution is -2.23. The van der Waals surface area contributed by atoms with E-state index in [2.05, 4.69) is 32.0 Å². The monoisotopic (exact) mass is 242 g/mol. The van der Waals surface area contributed by atoms with E-state index in [-0.39, 0.29) is 5.56 Å². The van der Waals surface area contributed by atoms with Gasteiger partial charge in [-0.1, -0.05) is 23.8 Å². The molecule has 1 heterocycles. The summed E-state index contributed by atoms with van der Waals surface area (Å²) < 4.78 is 1.72. The second-order valence-corrected chi connectivity index (χ2v) is 4.54. The predicted octanol–water partition coefficient (Wildman–Crippen LogP) is 2.73. The van der Waals surface area contributed by atoms with Gasteiger partial charge in [0.1, 0.15) is 0 Å². The molecule has 2 aromatic rings. The van der Waals surface area contributed by atoms with Gasteiger partial charge in [-0.15, -0.1) is 0 Å². The standard InChI is InChI=1S/C15H18N2O/c1-4-17-14(8-7-13(16)15(17)18)12-6-5-10(2)9-11(12)3/h5-9H,4,16H2,1-3H3. The quantitative estimate of drug-likeness (QED) is 0.880. The van der Waals surface area contributed by atoms with Crippen LogP contribution in [0.15, 0.2) is 35.1 Å². The van der Waals surface area contributed by atoms with Crippen LogP contribution in [0.2, 0.25) is 0 Å². The van der Waals surface area contributed by atoms with Crippen LogP contribution in [0, 0.1) is 13.8 Å². The van der Waals surface area contributed by atoms with Gasteiger partial charge in [-0.2, -0.15) is 0 Å². The Morgan fingerprint density at radius 1 is 1.17 bits per heavy atom. The van der Waals surface area contributed by atoms with Crippen molar-refractivity contribution in [1.82, 2.24) is 4.57 Å². The van der Waals surface area contributed by atoms with Crippen molar-refractivity contribution in [3.63, 3.8) is 0 Å². The molecule has 3 nitrogen and oxygen atoms in total. The Morgan fingerprint density at radius 2 is 1.89 bits per heavy atom. The highest BCUT2D eigenvalue weighted by atomic mass is 16.1. The maximum absolute atomic E-state index is 12.0. The van der Waals surface area contributed by atoms with Gasteiger partial charge in [0.25, 0.3) is 5.56 Å². The van der Waals surface area contributed by atoms with Gasteiger partial charge in [-0.05, 0) is 38.5 Å². The largest absolute Gasteiger partial charge is 0.394 e. The molecule has 0 amide bonds. The molecule has 0 aliphatic carbocycles. The summed E-state index contributed by atoms with van der Waals surface area (Å²) in [5.74, 6) is 0. The minimum atomic E-state index is -0.116. The fourth-order valence-electron chi connectivity index (χ4n) is 2.25. The molecule has 0 spiro atoms. The number of benzene rings is 1. The topological polar surface area (TPSA) is 48.0 Å². The summed E-state index contributed by atoms with van der Waals surface area (Å²) >= 11 is 0. The zero-order valence-corrected chi connectivity index (χ0v) is 11.0. The van der Waals surface area contributed by atoms with Crippen LogP contribution in [0.4, 0.5) is 5.69 Å². The number of nitrogens with two attached hydrogens (primary N) is 1. The Labute approximate surface area is 107 Å². The molecule has 1 aromatic carbocycles. The van der Waals surface area contributed by atoms with E-state index >= 15 is 0 Å².